The van der Waals surface area contributed by atoms with Gasteiger partial charge in [-0.2, -0.15) is 0 Å². The molecule has 178 valence electrons. The number of carboxylic acid groups (broad SMARTS) is 1. The molecule has 0 bridgehead atoms. The molecular formula is C26H34N2O5. The number of amides is 2. The summed E-state index contributed by atoms with van der Waals surface area (Å²) in [5.41, 5.74) is -1.66. The van der Waals surface area contributed by atoms with Gasteiger partial charge in [0.25, 0.3) is 5.91 Å². The number of ether oxygens (including phenoxy) is 1. The minimum absolute atomic E-state index is 0.169. The van der Waals surface area contributed by atoms with Crippen molar-refractivity contribution in [3.63, 3.8) is 0 Å². The number of rotatable bonds is 5. The molecule has 7 heteroatoms. The van der Waals surface area contributed by atoms with Crippen LogP contribution in [0, 0.1) is 11.8 Å². The summed E-state index contributed by atoms with van der Waals surface area (Å²) in [6.07, 6.45) is 2.67. The Morgan fingerprint density at radius 1 is 0.970 bits per heavy atom. The summed E-state index contributed by atoms with van der Waals surface area (Å²) in [7, 11) is 0. The first-order valence-corrected chi connectivity index (χ1v) is 11.5. The van der Waals surface area contributed by atoms with Crippen LogP contribution in [0.1, 0.15) is 70.7 Å². The van der Waals surface area contributed by atoms with E-state index in [1.807, 2.05) is 24.3 Å². The van der Waals surface area contributed by atoms with Gasteiger partial charge in [-0.1, -0.05) is 44.0 Å². The second-order valence-corrected chi connectivity index (χ2v) is 10.3. The van der Waals surface area contributed by atoms with E-state index >= 15 is 0 Å². The van der Waals surface area contributed by atoms with Crippen molar-refractivity contribution in [2.75, 3.05) is 5.32 Å². The molecule has 1 saturated carbocycles. The van der Waals surface area contributed by atoms with E-state index in [0.717, 1.165) is 36.5 Å². The summed E-state index contributed by atoms with van der Waals surface area (Å²) in [6, 6.07) is 10.8. The number of carboxylic acids is 1. The molecule has 2 aromatic carbocycles. The molecule has 0 aliphatic heterocycles. The molecule has 0 heterocycles. The van der Waals surface area contributed by atoms with Gasteiger partial charge in [0.05, 0.1) is 11.3 Å². The van der Waals surface area contributed by atoms with Crippen molar-refractivity contribution < 1.29 is 24.2 Å². The topological polar surface area (TPSA) is 105 Å². The normalized spacial score (nSPS) is 20.5. The van der Waals surface area contributed by atoms with Crippen LogP contribution in [0.15, 0.2) is 36.4 Å². The fourth-order valence-corrected chi connectivity index (χ4v) is 4.42. The number of carbonyl (C=O) groups excluding carboxylic acids is 2. The number of aliphatic carboxylic acids is 1. The Kier molecular flexibility index (Phi) is 7.00. The summed E-state index contributed by atoms with van der Waals surface area (Å²) in [5.74, 6) is -1.22. The van der Waals surface area contributed by atoms with Crippen LogP contribution < -0.4 is 10.6 Å². The molecule has 0 unspecified atom stereocenters. The SMILES string of the molecule is CC(C)(C)OC(=O)Nc1cc2ccccc2cc1C(=O)N[C@](C)(C(=O)O)[C@H]1CC[C@H](C)CC1. The molecule has 1 aliphatic carbocycles. The molecule has 1 aliphatic rings. The summed E-state index contributed by atoms with van der Waals surface area (Å²) >= 11 is 0. The van der Waals surface area contributed by atoms with Crippen LogP contribution in [0.4, 0.5) is 10.5 Å². The monoisotopic (exact) mass is 454 g/mol. The molecule has 2 amide bonds. The Labute approximate surface area is 194 Å². The van der Waals surface area contributed by atoms with E-state index in [2.05, 4.69) is 17.6 Å². The van der Waals surface area contributed by atoms with Crippen LogP contribution in [-0.4, -0.2) is 34.2 Å². The van der Waals surface area contributed by atoms with Gasteiger partial charge >= 0.3 is 12.1 Å². The number of nitrogens with one attached hydrogen (secondary N) is 2. The maximum atomic E-state index is 13.4. The highest BCUT2D eigenvalue weighted by Crippen LogP contribution is 2.36. The molecule has 1 fully saturated rings. The second-order valence-electron chi connectivity index (χ2n) is 10.3. The van der Waals surface area contributed by atoms with Crippen molar-refractivity contribution >= 4 is 34.4 Å². The predicted octanol–water partition coefficient (Wildman–Crippen LogP) is 5.59. The highest BCUT2D eigenvalue weighted by atomic mass is 16.6. The fraction of sp³-hybridized carbons (Fsp3) is 0.500. The van der Waals surface area contributed by atoms with Crippen LogP contribution in [0.3, 0.4) is 0 Å². The Morgan fingerprint density at radius 3 is 2.09 bits per heavy atom. The molecule has 0 spiro atoms. The Hall–Kier alpha value is -3.09. The van der Waals surface area contributed by atoms with E-state index in [1.165, 1.54) is 0 Å². The average molecular weight is 455 g/mol. The zero-order valence-corrected chi connectivity index (χ0v) is 20.0. The lowest BCUT2D eigenvalue weighted by atomic mass is 9.72. The summed E-state index contributed by atoms with van der Waals surface area (Å²) in [5, 5.41) is 17.2. The van der Waals surface area contributed by atoms with Crippen LogP contribution in [0.2, 0.25) is 0 Å². The Bertz CT molecular complexity index is 1050. The van der Waals surface area contributed by atoms with Gasteiger partial charge in [0.1, 0.15) is 11.1 Å². The lowest BCUT2D eigenvalue weighted by Gasteiger charge is -2.38. The molecule has 2 aromatic rings. The van der Waals surface area contributed by atoms with Gasteiger partial charge in [-0.15, -0.1) is 0 Å². The zero-order valence-electron chi connectivity index (χ0n) is 20.0. The van der Waals surface area contributed by atoms with Crippen molar-refractivity contribution in [2.45, 2.75) is 71.4 Å². The van der Waals surface area contributed by atoms with E-state index in [0.29, 0.717) is 5.92 Å². The number of carbonyl (C=O) groups is 3. The first-order chi connectivity index (χ1) is 15.4. The number of benzene rings is 2. The van der Waals surface area contributed by atoms with E-state index in [4.69, 9.17) is 4.74 Å². The Balaban J connectivity index is 1.95. The molecular weight excluding hydrogens is 420 g/mol. The van der Waals surface area contributed by atoms with Crippen molar-refractivity contribution in [1.29, 1.82) is 0 Å². The van der Waals surface area contributed by atoms with Crippen LogP contribution >= 0.6 is 0 Å². The van der Waals surface area contributed by atoms with Gasteiger partial charge < -0.3 is 15.2 Å². The molecule has 1 atom stereocenters. The van der Waals surface area contributed by atoms with Gasteiger partial charge in [0.15, 0.2) is 0 Å². The summed E-state index contributed by atoms with van der Waals surface area (Å²) in [6.45, 7) is 9.00. The Morgan fingerprint density at radius 2 is 1.55 bits per heavy atom. The van der Waals surface area contributed by atoms with Gasteiger partial charge in [-0.05, 0) is 75.3 Å². The smallest absolute Gasteiger partial charge is 0.412 e. The maximum Gasteiger partial charge on any atom is 0.412 e. The molecule has 3 N–H and O–H groups in total. The molecule has 0 saturated heterocycles. The fourth-order valence-electron chi connectivity index (χ4n) is 4.42. The predicted molar refractivity (Wildman–Crippen MR) is 128 cm³/mol. The highest BCUT2D eigenvalue weighted by Gasteiger charge is 2.44. The largest absolute Gasteiger partial charge is 0.480 e. The van der Waals surface area contributed by atoms with Crippen molar-refractivity contribution in [1.82, 2.24) is 5.32 Å². The lowest BCUT2D eigenvalue weighted by molar-refractivity contribution is -0.146. The van der Waals surface area contributed by atoms with Gasteiger partial charge in [-0.25, -0.2) is 9.59 Å². The third-order valence-corrected chi connectivity index (χ3v) is 6.42. The second kappa shape index (κ2) is 9.41. The van der Waals surface area contributed by atoms with Crippen molar-refractivity contribution in [2.24, 2.45) is 11.8 Å². The van der Waals surface area contributed by atoms with Crippen molar-refractivity contribution in [3.05, 3.63) is 42.0 Å². The molecule has 7 nitrogen and oxygen atoms in total. The number of anilines is 1. The first-order valence-electron chi connectivity index (χ1n) is 11.5. The minimum atomic E-state index is -1.41. The highest BCUT2D eigenvalue weighted by molar-refractivity contribution is 6.08. The summed E-state index contributed by atoms with van der Waals surface area (Å²) in [4.78, 5) is 38.2. The van der Waals surface area contributed by atoms with Gasteiger partial charge in [0, 0.05) is 0 Å². The third kappa shape index (κ3) is 5.83. The third-order valence-electron chi connectivity index (χ3n) is 6.42. The number of hydrogen-bond donors (Lipinski definition) is 3. The van der Waals surface area contributed by atoms with Crippen LogP contribution in [0.5, 0.6) is 0 Å². The molecule has 0 radical (unpaired) electrons. The molecule has 3 rings (SSSR count). The lowest BCUT2D eigenvalue weighted by Crippen LogP contribution is -2.58. The standard InChI is InChI=1S/C26H34N2O5/c1-16-10-12-19(13-11-16)26(5,23(30)31)28-22(29)20-14-17-8-6-7-9-18(17)15-21(20)27-24(32)33-25(2,3)4/h6-9,14-16,19H,10-13H2,1-5H3,(H,27,32)(H,28,29)(H,30,31)/t16-,19-,26-/m0/s1. The zero-order chi connectivity index (χ0) is 24.4. The van der Waals surface area contributed by atoms with E-state index in [1.54, 1.807) is 39.8 Å². The van der Waals surface area contributed by atoms with Crippen LogP contribution in [0.25, 0.3) is 10.8 Å². The van der Waals surface area contributed by atoms with Crippen LogP contribution in [-0.2, 0) is 9.53 Å². The number of hydrogen-bond acceptors (Lipinski definition) is 4. The summed E-state index contributed by atoms with van der Waals surface area (Å²) < 4.78 is 5.36. The van der Waals surface area contributed by atoms with Gasteiger partial charge in [-0.3, -0.25) is 10.1 Å². The minimum Gasteiger partial charge on any atom is -0.480 e. The number of fused-ring (bicyclic) bond motifs is 1. The van der Waals surface area contributed by atoms with Crippen molar-refractivity contribution in [3.8, 4) is 0 Å². The molecule has 0 aromatic heterocycles. The first kappa shape index (κ1) is 24.6. The quantitative estimate of drug-likeness (QED) is 0.546. The maximum absolute atomic E-state index is 13.4. The van der Waals surface area contributed by atoms with E-state index in [-0.39, 0.29) is 17.2 Å². The van der Waals surface area contributed by atoms with Gasteiger partial charge in [0.2, 0.25) is 0 Å². The van der Waals surface area contributed by atoms with E-state index in [9.17, 15) is 19.5 Å². The molecule has 33 heavy (non-hydrogen) atoms. The van der Waals surface area contributed by atoms with E-state index < -0.39 is 29.1 Å². The average Bonchev–Trinajstić information content (AvgIpc) is 2.72.